The van der Waals surface area contributed by atoms with E-state index < -0.39 is 0 Å². The summed E-state index contributed by atoms with van der Waals surface area (Å²) in [5.41, 5.74) is 7.05. The van der Waals surface area contributed by atoms with E-state index in [0.29, 0.717) is 24.6 Å². The van der Waals surface area contributed by atoms with Gasteiger partial charge in [-0.2, -0.15) is 0 Å². The summed E-state index contributed by atoms with van der Waals surface area (Å²) in [5.74, 6) is 1.64. The van der Waals surface area contributed by atoms with Crippen LogP contribution < -0.4 is 10.1 Å². The van der Waals surface area contributed by atoms with Crippen molar-refractivity contribution in [2.24, 2.45) is 0 Å². The molecular formula is C28H33N5O2. The van der Waals surface area contributed by atoms with Gasteiger partial charge in [-0.05, 0) is 61.4 Å². The second kappa shape index (κ2) is 9.91. The van der Waals surface area contributed by atoms with Gasteiger partial charge in [-0.3, -0.25) is 4.90 Å². The summed E-state index contributed by atoms with van der Waals surface area (Å²) in [4.78, 5) is 16.4. The maximum atomic E-state index is 5.54. The minimum atomic E-state index is 0.453. The molecule has 7 nitrogen and oxygen atoms in total. The molecule has 6 rings (SSSR count). The molecule has 0 amide bonds. The van der Waals surface area contributed by atoms with Gasteiger partial charge < -0.3 is 14.8 Å². The highest BCUT2D eigenvalue weighted by molar-refractivity contribution is 5.86. The van der Waals surface area contributed by atoms with Crippen LogP contribution in [0.4, 0.5) is 5.82 Å². The summed E-state index contributed by atoms with van der Waals surface area (Å²) in [6.45, 7) is 6.48. The van der Waals surface area contributed by atoms with E-state index in [1.165, 1.54) is 42.4 Å². The Morgan fingerprint density at radius 2 is 1.83 bits per heavy atom. The van der Waals surface area contributed by atoms with Crippen molar-refractivity contribution >= 4 is 5.82 Å². The van der Waals surface area contributed by atoms with Gasteiger partial charge in [0.1, 0.15) is 12.1 Å². The SMILES string of the molecule is CCOc1ccc(-c2ccc3c(c2)-c2c(ncnc2NC2CCC(N4CCOCC4)CC2)C3)cn1. The van der Waals surface area contributed by atoms with Crippen LogP contribution >= 0.6 is 0 Å². The van der Waals surface area contributed by atoms with Gasteiger partial charge in [-0.25, -0.2) is 15.0 Å². The van der Waals surface area contributed by atoms with Gasteiger partial charge in [-0.1, -0.05) is 12.1 Å². The molecule has 182 valence electrons. The van der Waals surface area contributed by atoms with E-state index in [9.17, 15) is 0 Å². The number of benzene rings is 1. The lowest BCUT2D eigenvalue weighted by Gasteiger charge is -2.39. The van der Waals surface area contributed by atoms with E-state index in [1.54, 1.807) is 6.33 Å². The van der Waals surface area contributed by atoms with Crippen LogP contribution in [0.15, 0.2) is 42.9 Å². The molecule has 0 atom stereocenters. The van der Waals surface area contributed by atoms with Crippen LogP contribution in [0.5, 0.6) is 5.88 Å². The molecule has 35 heavy (non-hydrogen) atoms. The predicted octanol–water partition coefficient (Wildman–Crippen LogP) is 4.56. The third-order valence-corrected chi connectivity index (χ3v) is 7.62. The summed E-state index contributed by atoms with van der Waals surface area (Å²) in [5, 5.41) is 3.80. The van der Waals surface area contributed by atoms with E-state index in [1.807, 2.05) is 19.2 Å². The first kappa shape index (κ1) is 22.4. The van der Waals surface area contributed by atoms with Gasteiger partial charge >= 0.3 is 0 Å². The number of nitrogens with one attached hydrogen (secondary N) is 1. The number of pyridine rings is 1. The van der Waals surface area contributed by atoms with E-state index in [2.05, 4.69) is 44.5 Å². The quantitative estimate of drug-likeness (QED) is 0.442. The summed E-state index contributed by atoms with van der Waals surface area (Å²) < 4.78 is 11.0. The van der Waals surface area contributed by atoms with Crippen LogP contribution in [0.2, 0.25) is 0 Å². The molecule has 3 heterocycles. The third-order valence-electron chi connectivity index (χ3n) is 7.62. The molecule has 0 spiro atoms. The number of hydrogen-bond acceptors (Lipinski definition) is 7. The molecule has 7 heteroatoms. The Morgan fingerprint density at radius 1 is 1.00 bits per heavy atom. The molecule has 1 aliphatic heterocycles. The fraction of sp³-hybridized carbons (Fsp3) is 0.464. The Bertz CT molecular complexity index is 1170. The Labute approximate surface area is 206 Å². The molecule has 2 aliphatic carbocycles. The van der Waals surface area contributed by atoms with Crippen LogP contribution in [0.25, 0.3) is 22.3 Å². The largest absolute Gasteiger partial charge is 0.478 e. The number of hydrogen-bond donors (Lipinski definition) is 1. The van der Waals surface area contributed by atoms with Gasteiger partial charge in [0.25, 0.3) is 0 Å². The van der Waals surface area contributed by atoms with Gasteiger partial charge in [0.05, 0.1) is 25.5 Å². The molecule has 1 saturated heterocycles. The van der Waals surface area contributed by atoms with Gasteiger partial charge in [0.15, 0.2) is 0 Å². The summed E-state index contributed by atoms with van der Waals surface area (Å²) in [6.07, 6.45) is 9.26. The maximum absolute atomic E-state index is 5.54. The Kier molecular flexibility index (Phi) is 6.35. The first-order chi connectivity index (χ1) is 17.3. The highest BCUT2D eigenvalue weighted by atomic mass is 16.5. The van der Waals surface area contributed by atoms with Crippen molar-refractivity contribution in [1.82, 2.24) is 19.9 Å². The van der Waals surface area contributed by atoms with Crippen molar-refractivity contribution < 1.29 is 9.47 Å². The van der Waals surface area contributed by atoms with Crippen LogP contribution in [0.1, 0.15) is 43.9 Å². The van der Waals surface area contributed by atoms with E-state index >= 15 is 0 Å². The van der Waals surface area contributed by atoms with Gasteiger partial charge in [-0.15, -0.1) is 0 Å². The highest BCUT2D eigenvalue weighted by Crippen LogP contribution is 2.42. The van der Waals surface area contributed by atoms with Crippen molar-refractivity contribution in [3.05, 3.63) is 54.1 Å². The zero-order chi connectivity index (χ0) is 23.6. The standard InChI is InChI=1S/C28H33N5O2/c1-2-35-26-10-5-21(17-29-26)19-3-4-20-16-25-27(24(20)15-19)28(31-18-30-25)32-22-6-8-23(9-7-22)33-11-13-34-14-12-33/h3-5,10,15,17-18,22-23H,2,6-9,11-14,16H2,1H3,(H,30,31,32). The van der Waals surface area contributed by atoms with Crippen LogP contribution in [0.3, 0.4) is 0 Å². The van der Waals surface area contributed by atoms with Crippen molar-refractivity contribution in [2.75, 3.05) is 38.2 Å². The van der Waals surface area contributed by atoms with Crippen LogP contribution in [-0.2, 0) is 11.2 Å². The lowest BCUT2D eigenvalue weighted by Crippen LogP contribution is -2.46. The lowest BCUT2D eigenvalue weighted by molar-refractivity contribution is 0.00791. The number of nitrogens with zero attached hydrogens (tertiary/aromatic N) is 4. The molecule has 0 bridgehead atoms. The van der Waals surface area contributed by atoms with Crippen molar-refractivity contribution in [3.63, 3.8) is 0 Å². The number of fused-ring (bicyclic) bond motifs is 3. The van der Waals surface area contributed by atoms with Gasteiger partial charge in [0.2, 0.25) is 5.88 Å². The Morgan fingerprint density at radius 3 is 2.60 bits per heavy atom. The molecule has 2 aromatic heterocycles. The molecule has 1 saturated carbocycles. The Hall–Kier alpha value is -3.03. The number of aromatic nitrogens is 3. The smallest absolute Gasteiger partial charge is 0.213 e. The van der Waals surface area contributed by atoms with Crippen molar-refractivity contribution in [1.29, 1.82) is 0 Å². The van der Waals surface area contributed by atoms with Crippen molar-refractivity contribution in [3.8, 4) is 28.1 Å². The minimum Gasteiger partial charge on any atom is -0.478 e. The average molecular weight is 472 g/mol. The number of ether oxygens (including phenoxy) is 2. The topological polar surface area (TPSA) is 72.4 Å². The van der Waals surface area contributed by atoms with Crippen molar-refractivity contribution in [2.45, 2.75) is 51.1 Å². The predicted molar refractivity (Wildman–Crippen MR) is 137 cm³/mol. The molecule has 1 N–H and O–H groups in total. The second-order valence-electron chi connectivity index (χ2n) is 9.71. The fourth-order valence-corrected chi connectivity index (χ4v) is 5.78. The maximum Gasteiger partial charge on any atom is 0.213 e. The fourth-order valence-electron chi connectivity index (χ4n) is 5.78. The molecule has 2 fully saturated rings. The molecule has 3 aromatic rings. The summed E-state index contributed by atoms with van der Waals surface area (Å²) in [7, 11) is 0. The second-order valence-corrected chi connectivity index (χ2v) is 9.71. The normalized spacial score (nSPS) is 21.9. The number of morpholine rings is 1. The first-order valence-corrected chi connectivity index (χ1v) is 12.9. The summed E-state index contributed by atoms with van der Waals surface area (Å²) in [6, 6.07) is 11.8. The van der Waals surface area contributed by atoms with Crippen LogP contribution in [0, 0.1) is 0 Å². The highest BCUT2D eigenvalue weighted by Gasteiger charge is 2.29. The Balaban J connectivity index is 1.20. The number of anilines is 1. The van der Waals surface area contributed by atoms with E-state index in [4.69, 9.17) is 14.5 Å². The summed E-state index contributed by atoms with van der Waals surface area (Å²) >= 11 is 0. The minimum absolute atomic E-state index is 0.453. The first-order valence-electron chi connectivity index (χ1n) is 12.9. The zero-order valence-corrected chi connectivity index (χ0v) is 20.4. The van der Waals surface area contributed by atoms with E-state index in [0.717, 1.165) is 55.4 Å². The molecule has 3 aliphatic rings. The third kappa shape index (κ3) is 4.62. The average Bonchev–Trinajstić information content (AvgIpc) is 3.29. The monoisotopic (exact) mass is 471 g/mol. The molecule has 0 unspecified atom stereocenters. The molecule has 0 radical (unpaired) electrons. The molecule has 1 aromatic carbocycles. The number of rotatable bonds is 6. The van der Waals surface area contributed by atoms with E-state index in [-0.39, 0.29) is 0 Å². The van der Waals surface area contributed by atoms with Gasteiger partial charge in [0, 0.05) is 55.0 Å². The van der Waals surface area contributed by atoms with Crippen LogP contribution in [-0.4, -0.2) is 64.8 Å². The zero-order valence-electron chi connectivity index (χ0n) is 20.4. The molecular weight excluding hydrogens is 438 g/mol. The lowest BCUT2D eigenvalue weighted by atomic mass is 9.89.